The minimum Gasteiger partial charge on any atom is -0.507 e. The van der Waals surface area contributed by atoms with E-state index in [0.717, 1.165) is 10.0 Å². The van der Waals surface area contributed by atoms with Gasteiger partial charge in [0.05, 0.1) is 4.47 Å². The molecule has 0 saturated heterocycles. The number of hydrogen-bond acceptors (Lipinski definition) is 1. The molecule has 0 bridgehead atoms. The van der Waals surface area contributed by atoms with Crippen LogP contribution >= 0.6 is 15.9 Å². The molecule has 17 heavy (non-hydrogen) atoms. The highest BCUT2D eigenvalue weighted by Crippen LogP contribution is 2.52. The Morgan fingerprint density at radius 1 is 1.00 bits per heavy atom. The van der Waals surface area contributed by atoms with Gasteiger partial charge in [-0.15, -0.1) is 0 Å². The molecular weight excluding hydrogens is 276 g/mol. The van der Waals surface area contributed by atoms with Crippen molar-refractivity contribution in [3.8, 4) is 16.9 Å². The largest absolute Gasteiger partial charge is 0.507 e. The molecule has 2 aromatic rings. The summed E-state index contributed by atoms with van der Waals surface area (Å²) in [6, 6.07) is 12.2. The van der Waals surface area contributed by atoms with Crippen molar-refractivity contribution in [2.24, 2.45) is 0 Å². The van der Waals surface area contributed by atoms with E-state index in [4.69, 9.17) is 0 Å². The van der Waals surface area contributed by atoms with Gasteiger partial charge in [-0.05, 0) is 38.7 Å². The summed E-state index contributed by atoms with van der Waals surface area (Å²) in [7, 11) is 0. The predicted molar refractivity (Wildman–Crippen MR) is 73.4 cm³/mol. The van der Waals surface area contributed by atoms with Crippen LogP contribution in [0.4, 0.5) is 0 Å². The van der Waals surface area contributed by atoms with Crippen molar-refractivity contribution in [2.75, 3.05) is 0 Å². The van der Waals surface area contributed by atoms with Crippen molar-refractivity contribution in [2.45, 2.75) is 19.3 Å². The van der Waals surface area contributed by atoms with Crippen LogP contribution < -0.4 is 0 Å². The third kappa shape index (κ3) is 1.31. The molecule has 0 aliphatic heterocycles. The normalized spacial score (nSPS) is 15.5. The summed E-state index contributed by atoms with van der Waals surface area (Å²) in [5.41, 5.74) is 4.94. The zero-order valence-corrected chi connectivity index (χ0v) is 11.4. The molecule has 0 heterocycles. The standard InChI is InChI=1S/C15H13BrO/c1-15(2)10-6-4-3-5-9(10)13-11(15)7-8-12(17)14(13)16/h3-8,17H,1-2H3. The molecule has 0 aromatic heterocycles. The molecule has 0 amide bonds. The summed E-state index contributed by atoms with van der Waals surface area (Å²) in [6.45, 7) is 4.45. The van der Waals surface area contributed by atoms with Crippen molar-refractivity contribution in [1.29, 1.82) is 0 Å². The number of phenolic OH excluding ortho intramolecular Hbond substituents is 1. The van der Waals surface area contributed by atoms with E-state index < -0.39 is 0 Å². The van der Waals surface area contributed by atoms with E-state index in [1.54, 1.807) is 6.07 Å². The fourth-order valence-corrected chi connectivity index (χ4v) is 3.30. The van der Waals surface area contributed by atoms with Gasteiger partial charge in [0.1, 0.15) is 5.75 Å². The third-order valence-corrected chi connectivity index (χ3v) is 4.47. The summed E-state index contributed by atoms with van der Waals surface area (Å²) in [5, 5.41) is 9.83. The molecule has 0 saturated carbocycles. The van der Waals surface area contributed by atoms with Gasteiger partial charge in [0.15, 0.2) is 0 Å². The Bertz CT molecular complexity index is 614. The number of aromatic hydroxyl groups is 1. The van der Waals surface area contributed by atoms with Crippen LogP contribution in [0.25, 0.3) is 11.1 Å². The maximum absolute atomic E-state index is 9.83. The molecule has 0 radical (unpaired) electrons. The van der Waals surface area contributed by atoms with Gasteiger partial charge in [0.2, 0.25) is 0 Å². The molecule has 1 aliphatic carbocycles. The van der Waals surface area contributed by atoms with Gasteiger partial charge in [0.25, 0.3) is 0 Å². The summed E-state index contributed by atoms with van der Waals surface area (Å²) in [5.74, 6) is 0.302. The summed E-state index contributed by atoms with van der Waals surface area (Å²) in [4.78, 5) is 0. The predicted octanol–water partition coefficient (Wildman–Crippen LogP) is 4.46. The average Bonchev–Trinajstić information content (AvgIpc) is 2.54. The quantitative estimate of drug-likeness (QED) is 0.759. The smallest absolute Gasteiger partial charge is 0.130 e. The first-order valence-electron chi connectivity index (χ1n) is 5.65. The van der Waals surface area contributed by atoms with E-state index in [2.05, 4.69) is 48.0 Å². The van der Waals surface area contributed by atoms with Gasteiger partial charge < -0.3 is 5.11 Å². The molecule has 0 spiro atoms. The lowest BCUT2D eigenvalue weighted by molar-refractivity contribution is 0.471. The molecule has 2 aromatic carbocycles. The zero-order valence-electron chi connectivity index (χ0n) is 9.79. The van der Waals surface area contributed by atoms with Crippen LogP contribution in [0.15, 0.2) is 40.9 Å². The van der Waals surface area contributed by atoms with Crippen molar-refractivity contribution < 1.29 is 5.11 Å². The number of fused-ring (bicyclic) bond motifs is 3. The van der Waals surface area contributed by atoms with Gasteiger partial charge in [-0.25, -0.2) is 0 Å². The molecule has 1 nitrogen and oxygen atoms in total. The van der Waals surface area contributed by atoms with Crippen molar-refractivity contribution in [1.82, 2.24) is 0 Å². The van der Waals surface area contributed by atoms with Crippen LogP contribution in [0.1, 0.15) is 25.0 Å². The first-order chi connectivity index (χ1) is 8.03. The Labute approximate surface area is 109 Å². The van der Waals surface area contributed by atoms with Crippen molar-refractivity contribution in [3.63, 3.8) is 0 Å². The van der Waals surface area contributed by atoms with Gasteiger partial charge in [-0.2, -0.15) is 0 Å². The molecule has 1 aliphatic rings. The maximum atomic E-state index is 9.83. The highest BCUT2D eigenvalue weighted by molar-refractivity contribution is 9.10. The molecular formula is C15H13BrO. The third-order valence-electron chi connectivity index (χ3n) is 3.66. The van der Waals surface area contributed by atoms with Gasteiger partial charge in [0, 0.05) is 11.0 Å². The van der Waals surface area contributed by atoms with E-state index in [9.17, 15) is 5.11 Å². The van der Waals surface area contributed by atoms with E-state index in [1.807, 2.05) is 12.1 Å². The van der Waals surface area contributed by atoms with Crippen LogP contribution in [-0.4, -0.2) is 5.11 Å². The highest BCUT2D eigenvalue weighted by atomic mass is 79.9. The minimum atomic E-state index is 0.00213. The van der Waals surface area contributed by atoms with Crippen molar-refractivity contribution in [3.05, 3.63) is 52.0 Å². The lowest BCUT2D eigenvalue weighted by atomic mass is 9.82. The Hall–Kier alpha value is -1.28. The van der Waals surface area contributed by atoms with Gasteiger partial charge in [-0.1, -0.05) is 44.2 Å². The second kappa shape index (κ2) is 3.36. The fourth-order valence-electron chi connectivity index (χ4n) is 2.74. The topological polar surface area (TPSA) is 20.2 Å². The summed E-state index contributed by atoms with van der Waals surface area (Å²) in [6.07, 6.45) is 0. The van der Waals surface area contributed by atoms with E-state index in [-0.39, 0.29) is 5.41 Å². The van der Waals surface area contributed by atoms with E-state index >= 15 is 0 Å². The van der Waals surface area contributed by atoms with E-state index in [1.165, 1.54) is 16.7 Å². The second-order valence-corrected chi connectivity index (χ2v) is 5.78. The molecule has 0 unspecified atom stereocenters. The molecule has 3 rings (SSSR count). The number of phenols is 1. The molecule has 2 heteroatoms. The van der Waals surface area contributed by atoms with Gasteiger partial charge in [-0.3, -0.25) is 0 Å². The summed E-state index contributed by atoms with van der Waals surface area (Å²) >= 11 is 3.50. The first kappa shape index (κ1) is 10.8. The Morgan fingerprint density at radius 2 is 1.71 bits per heavy atom. The number of hydrogen-bond donors (Lipinski definition) is 1. The van der Waals surface area contributed by atoms with Crippen LogP contribution in [-0.2, 0) is 5.41 Å². The monoisotopic (exact) mass is 288 g/mol. The number of rotatable bonds is 0. The van der Waals surface area contributed by atoms with Crippen LogP contribution in [0.2, 0.25) is 0 Å². The SMILES string of the molecule is CC1(C)c2ccccc2-c2c1ccc(O)c2Br. The lowest BCUT2D eigenvalue weighted by Gasteiger charge is -2.21. The fraction of sp³-hybridized carbons (Fsp3) is 0.200. The van der Waals surface area contributed by atoms with Crippen LogP contribution in [0, 0.1) is 0 Å². The minimum absolute atomic E-state index is 0.00213. The Balaban J connectivity index is 2.46. The molecule has 0 fully saturated rings. The van der Waals surface area contributed by atoms with Crippen LogP contribution in [0.3, 0.4) is 0 Å². The molecule has 86 valence electrons. The number of benzene rings is 2. The Kier molecular flexibility index (Phi) is 2.14. The molecule has 0 atom stereocenters. The first-order valence-corrected chi connectivity index (χ1v) is 6.44. The Morgan fingerprint density at radius 3 is 2.47 bits per heavy atom. The zero-order chi connectivity index (χ0) is 12.2. The second-order valence-electron chi connectivity index (χ2n) is 4.99. The maximum Gasteiger partial charge on any atom is 0.130 e. The summed E-state index contributed by atoms with van der Waals surface area (Å²) < 4.78 is 0.799. The average molecular weight is 289 g/mol. The highest BCUT2D eigenvalue weighted by Gasteiger charge is 2.36. The van der Waals surface area contributed by atoms with Crippen molar-refractivity contribution >= 4 is 15.9 Å². The lowest BCUT2D eigenvalue weighted by Crippen LogP contribution is -2.14. The number of halogens is 1. The van der Waals surface area contributed by atoms with Crippen LogP contribution in [0.5, 0.6) is 5.75 Å². The molecule has 1 N–H and O–H groups in total. The van der Waals surface area contributed by atoms with E-state index in [0.29, 0.717) is 5.75 Å². The van der Waals surface area contributed by atoms with Gasteiger partial charge >= 0.3 is 0 Å².